The highest BCUT2D eigenvalue weighted by atomic mass is 15.1. The molecule has 18 heavy (non-hydrogen) atoms. The minimum atomic E-state index is 0.815. The number of nitrogens with two attached hydrogens (primary N) is 1. The third kappa shape index (κ3) is 3.56. The summed E-state index contributed by atoms with van der Waals surface area (Å²) in [6, 6.07) is 6.85. The highest BCUT2D eigenvalue weighted by Crippen LogP contribution is 2.21. The lowest BCUT2D eigenvalue weighted by Gasteiger charge is -2.32. The summed E-state index contributed by atoms with van der Waals surface area (Å²) in [6.07, 6.45) is 3.87. The first kappa shape index (κ1) is 13.6. The molecule has 0 bridgehead atoms. The van der Waals surface area contributed by atoms with Gasteiger partial charge < -0.3 is 5.73 Å². The third-order valence-electron chi connectivity index (χ3n) is 4.16. The van der Waals surface area contributed by atoms with Gasteiger partial charge in [-0.05, 0) is 68.8 Å². The van der Waals surface area contributed by atoms with Crippen molar-refractivity contribution in [2.24, 2.45) is 11.7 Å². The standard InChI is InChI=1S/C16H26N2/c1-13-5-6-16(10-14(13)2)12-18-9-3-4-15(11-18)7-8-17/h5-6,10,15H,3-4,7-9,11-12,17H2,1-2H3. The first-order valence-corrected chi connectivity index (χ1v) is 7.17. The minimum Gasteiger partial charge on any atom is -0.330 e. The van der Waals surface area contributed by atoms with Gasteiger partial charge in [0.15, 0.2) is 0 Å². The summed E-state index contributed by atoms with van der Waals surface area (Å²) >= 11 is 0. The van der Waals surface area contributed by atoms with Gasteiger partial charge in [-0.25, -0.2) is 0 Å². The van der Waals surface area contributed by atoms with Crippen LogP contribution in [0, 0.1) is 19.8 Å². The van der Waals surface area contributed by atoms with Crippen molar-refractivity contribution in [1.82, 2.24) is 4.90 Å². The van der Waals surface area contributed by atoms with Crippen LogP contribution in [-0.4, -0.2) is 24.5 Å². The molecule has 2 rings (SSSR count). The van der Waals surface area contributed by atoms with Gasteiger partial charge in [0.2, 0.25) is 0 Å². The van der Waals surface area contributed by atoms with Crippen molar-refractivity contribution in [1.29, 1.82) is 0 Å². The van der Waals surface area contributed by atoms with E-state index in [2.05, 4.69) is 36.9 Å². The zero-order valence-electron chi connectivity index (χ0n) is 11.8. The zero-order valence-corrected chi connectivity index (χ0v) is 11.8. The molecule has 100 valence electrons. The van der Waals surface area contributed by atoms with Gasteiger partial charge in [0.1, 0.15) is 0 Å². The molecule has 1 aromatic rings. The van der Waals surface area contributed by atoms with Gasteiger partial charge in [-0.3, -0.25) is 4.90 Å². The molecule has 1 atom stereocenters. The van der Waals surface area contributed by atoms with Crippen LogP contribution < -0.4 is 5.73 Å². The van der Waals surface area contributed by atoms with Crippen LogP contribution in [0.25, 0.3) is 0 Å². The van der Waals surface area contributed by atoms with E-state index in [1.54, 1.807) is 0 Å². The summed E-state index contributed by atoms with van der Waals surface area (Å²) in [6.45, 7) is 8.78. The van der Waals surface area contributed by atoms with Crippen molar-refractivity contribution in [3.8, 4) is 0 Å². The van der Waals surface area contributed by atoms with Crippen LogP contribution in [0.3, 0.4) is 0 Å². The van der Waals surface area contributed by atoms with Gasteiger partial charge in [-0.1, -0.05) is 18.2 Å². The van der Waals surface area contributed by atoms with Crippen LogP contribution in [0.2, 0.25) is 0 Å². The first-order valence-electron chi connectivity index (χ1n) is 7.17. The van der Waals surface area contributed by atoms with Crippen molar-refractivity contribution < 1.29 is 0 Å². The van der Waals surface area contributed by atoms with E-state index in [0.29, 0.717) is 0 Å². The number of aryl methyl sites for hydroxylation is 2. The number of nitrogens with zero attached hydrogens (tertiary/aromatic N) is 1. The Bertz CT molecular complexity index is 385. The number of hydrogen-bond acceptors (Lipinski definition) is 2. The fraction of sp³-hybridized carbons (Fsp3) is 0.625. The lowest BCUT2D eigenvalue weighted by Crippen LogP contribution is -2.35. The highest BCUT2D eigenvalue weighted by molar-refractivity contribution is 5.29. The molecule has 1 fully saturated rings. The maximum absolute atomic E-state index is 5.68. The van der Waals surface area contributed by atoms with Gasteiger partial charge in [-0.2, -0.15) is 0 Å². The molecule has 1 aliphatic rings. The molecule has 2 heteroatoms. The van der Waals surface area contributed by atoms with E-state index in [4.69, 9.17) is 5.73 Å². The monoisotopic (exact) mass is 246 g/mol. The van der Waals surface area contributed by atoms with Crippen molar-refractivity contribution in [2.75, 3.05) is 19.6 Å². The van der Waals surface area contributed by atoms with Gasteiger partial charge in [-0.15, -0.1) is 0 Å². The third-order valence-corrected chi connectivity index (χ3v) is 4.16. The number of hydrogen-bond donors (Lipinski definition) is 1. The predicted octanol–water partition coefficient (Wildman–Crippen LogP) is 2.86. The molecule has 1 aromatic carbocycles. The first-order chi connectivity index (χ1) is 8.69. The van der Waals surface area contributed by atoms with Crippen LogP contribution in [0.15, 0.2) is 18.2 Å². The summed E-state index contributed by atoms with van der Waals surface area (Å²) in [4.78, 5) is 2.59. The van der Waals surface area contributed by atoms with E-state index >= 15 is 0 Å². The molecule has 1 unspecified atom stereocenters. The Labute approximate surface area is 111 Å². The molecule has 1 aliphatic heterocycles. The van der Waals surface area contributed by atoms with Crippen molar-refractivity contribution in [3.05, 3.63) is 34.9 Å². The van der Waals surface area contributed by atoms with Gasteiger partial charge in [0, 0.05) is 13.1 Å². The summed E-state index contributed by atoms with van der Waals surface area (Å²) in [5, 5.41) is 0. The maximum atomic E-state index is 5.68. The second-order valence-electron chi connectivity index (χ2n) is 5.74. The molecular weight excluding hydrogens is 220 g/mol. The van der Waals surface area contributed by atoms with E-state index in [1.807, 2.05) is 0 Å². The average Bonchev–Trinajstić information content (AvgIpc) is 2.35. The molecule has 2 nitrogen and oxygen atoms in total. The largest absolute Gasteiger partial charge is 0.330 e. The molecule has 2 N–H and O–H groups in total. The number of piperidine rings is 1. The van der Waals surface area contributed by atoms with Crippen LogP contribution in [0.1, 0.15) is 36.0 Å². The van der Waals surface area contributed by atoms with Gasteiger partial charge in [0.25, 0.3) is 0 Å². The Morgan fingerprint density at radius 1 is 1.28 bits per heavy atom. The summed E-state index contributed by atoms with van der Waals surface area (Å²) in [5.41, 5.74) is 9.92. The number of likely N-dealkylation sites (tertiary alicyclic amines) is 1. The molecule has 0 saturated carbocycles. The quantitative estimate of drug-likeness (QED) is 0.885. The van der Waals surface area contributed by atoms with E-state index in [9.17, 15) is 0 Å². The molecule has 0 aliphatic carbocycles. The predicted molar refractivity (Wildman–Crippen MR) is 77.6 cm³/mol. The lowest BCUT2D eigenvalue weighted by molar-refractivity contribution is 0.163. The SMILES string of the molecule is Cc1ccc(CN2CCCC(CCN)C2)cc1C. The van der Waals surface area contributed by atoms with Crippen molar-refractivity contribution >= 4 is 0 Å². The topological polar surface area (TPSA) is 29.3 Å². The van der Waals surface area contributed by atoms with Crippen molar-refractivity contribution in [3.63, 3.8) is 0 Å². The van der Waals surface area contributed by atoms with E-state index in [-0.39, 0.29) is 0 Å². The zero-order chi connectivity index (χ0) is 13.0. The second kappa shape index (κ2) is 6.35. The Morgan fingerprint density at radius 3 is 2.83 bits per heavy atom. The normalized spacial score (nSPS) is 21.2. The molecule has 1 saturated heterocycles. The van der Waals surface area contributed by atoms with E-state index in [0.717, 1.165) is 19.0 Å². The fourth-order valence-corrected chi connectivity index (χ4v) is 2.93. The van der Waals surface area contributed by atoms with E-state index in [1.165, 1.54) is 49.0 Å². The summed E-state index contributed by atoms with van der Waals surface area (Å²) in [5.74, 6) is 0.815. The van der Waals surface area contributed by atoms with Gasteiger partial charge >= 0.3 is 0 Å². The van der Waals surface area contributed by atoms with Crippen LogP contribution in [-0.2, 0) is 6.54 Å². The molecule has 0 aromatic heterocycles. The van der Waals surface area contributed by atoms with Gasteiger partial charge in [0.05, 0.1) is 0 Å². The van der Waals surface area contributed by atoms with Crippen LogP contribution in [0.5, 0.6) is 0 Å². The average molecular weight is 246 g/mol. The van der Waals surface area contributed by atoms with Crippen LogP contribution in [0.4, 0.5) is 0 Å². The Hall–Kier alpha value is -0.860. The van der Waals surface area contributed by atoms with E-state index < -0.39 is 0 Å². The smallest absolute Gasteiger partial charge is 0.0233 e. The molecule has 0 spiro atoms. The number of rotatable bonds is 4. The van der Waals surface area contributed by atoms with Crippen LogP contribution >= 0.6 is 0 Å². The Kier molecular flexibility index (Phi) is 4.79. The highest BCUT2D eigenvalue weighted by Gasteiger charge is 2.19. The Morgan fingerprint density at radius 2 is 2.11 bits per heavy atom. The lowest BCUT2D eigenvalue weighted by atomic mass is 9.94. The number of benzene rings is 1. The maximum Gasteiger partial charge on any atom is 0.0233 e. The van der Waals surface area contributed by atoms with Crippen molar-refractivity contribution in [2.45, 2.75) is 39.7 Å². The molecular formula is C16H26N2. The summed E-state index contributed by atoms with van der Waals surface area (Å²) in [7, 11) is 0. The molecule has 0 radical (unpaired) electrons. The summed E-state index contributed by atoms with van der Waals surface area (Å²) < 4.78 is 0. The molecule has 0 amide bonds. The fourth-order valence-electron chi connectivity index (χ4n) is 2.93. The minimum absolute atomic E-state index is 0.815. The molecule has 1 heterocycles. The Balaban J connectivity index is 1.93. The second-order valence-corrected chi connectivity index (χ2v) is 5.74.